The summed E-state index contributed by atoms with van der Waals surface area (Å²) in [5.74, 6) is -0.0239. The summed E-state index contributed by atoms with van der Waals surface area (Å²) in [6.45, 7) is 2.13. The molecular formula is C17H19NO. The first-order valence-corrected chi connectivity index (χ1v) is 6.66. The lowest BCUT2D eigenvalue weighted by Crippen LogP contribution is -2.21. The fourth-order valence-corrected chi connectivity index (χ4v) is 2.16. The molecule has 1 atom stereocenters. The molecule has 0 heterocycles. The summed E-state index contributed by atoms with van der Waals surface area (Å²) in [7, 11) is 0. The van der Waals surface area contributed by atoms with Crippen LogP contribution in [0.2, 0.25) is 0 Å². The first kappa shape index (κ1) is 13.5. The van der Waals surface area contributed by atoms with E-state index in [9.17, 15) is 4.79 Å². The van der Waals surface area contributed by atoms with E-state index in [1.807, 2.05) is 54.6 Å². The van der Waals surface area contributed by atoms with Crippen LogP contribution in [0.3, 0.4) is 0 Å². The molecule has 0 saturated carbocycles. The maximum absolute atomic E-state index is 12.4. The van der Waals surface area contributed by atoms with Crippen molar-refractivity contribution in [2.45, 2.75) is 25.8 Å². The van der Waals surface area contributed by atoms with Crippen molar-refractivity contribution in [2.24, 2.45) is 5.73 Å². The Kier molecular flexibility index (Phi) is 4.48. The van der Waals surface area contributed by atoms with E-state index >= 15 is 0 Å². The van der Waals surface area contributed by atoms with Crippen molar-refractivity contribution in [1.82, 2.24) is 0 Å². The molecule has 2 nitrogen and oxygen atoms in total. The monoisotopic (exact) mass is 253 g/mol. The van der Waals surface area contributed by atoms with Crippen LogP contribution in [-0.4, -0.2) is 5.78 Å². The van der Waals surface area contributed by atoms with Gasteiger partial charge in [0.2, 0.25) is 0 Å². The van der Waals surface area contributed by atoms with Gasteiger partial charge in [-0.2, -0.15) is 0 Å². The van der Waals surface area contributed by atoms with E-state index in [0.29, 0.717) is 5.56 Å². The quantitative estimate of drug-likeness (QED) is 0.828. The molecule has 0 bridgehead atoms. The highest BCUT2D eigenvalue weighted by Gasteiger charge is 2.17. The fourth-order valence-electron chi connectivity index (χ4n) is 2.16. The molecule has 2 N–H and O–H groups in total. The molecule has 19 heavy (non-hydrogen) atoms. The van der Waals surface area contributed by atoms with Gasteiger partial charge in [-0.1, -0.05) is 61.9 Å². The number of benzene rings is 2. The van der Waals surface area contributed by atoms with E-state index in [0.717, 1.165) is 18.4 Å². The van der Waals surface area contributed by atoms with E-state index in [-0.39, 0.29) is 5.78 Å². The molecule has 0 aliphatic carbocycles. The molecule has 0 spiro atoms. The Labute approximate surface area is 114 Å². The molecule has 2 heteroatoms. The fraction of sp³-hybridized carbons (Fsp3) is 0.235. The van der Waals surface area contributed by atoms with Crippen molar-refractivity contribution in [1.29, 1.82) is 0 Å². The molecule has 0 fully saturated rings. The number of carbonyl (C=O) groups excluding carboxylic acids is 1. The number of hydrogen-bond acceptors (Lipinski definition) is 2. The highest BCUT2D eigenvalue weighted by atomic mass is 16.1. The molecule has 0 radical (unpaired) electrons. The van der Waals surface area contributed by atoms with Gasteiger partial charge in [-0.3, -0.25) is 4.79 Å². The van der Waals surface area contributed by atoms with Gasteiger partial charge >= 0.3 is 0 Å². The molecular weight excluding hydrogens is 234 g/mol. The molecule has 0 aliphatic heterocycles. The summed E-state index contributed by atoms with van der Waals surface area (Å²) in [5, 5.41) is 0. The SMILES string of the molecule is CCCc1cccc(C(=O)[C@H](N)c2ccccc2)c1. The average Bonchev–Trinajstić information content (AvgIpc) is 2.47. The Morgan fingerprint density at radius 2 is 1.84 bits per heavy atom. The minimum absolute atomic E-state index is 0.0239. The van der Waals surface area contributed by atoms with Crippen LogP contribution < -0.4 is 5.73 Å². The first-order chi connectivity index (χ1) is 9.22. The van der Waals surface area contributed by atoms with Crippen LogP contribution in [0.4, 0.5) is 0 Å². The normalized spacial score (nSPS) is 12.1. The third-order valence-corrected chi connectivity index (χ3v) is 3.19. The first-order valence-electron chi connectivity index (χ1n) is 6.66. The van der Waals surface area contributed by atoms with E-state index < -0.39 is 6.04 Å². The Bertz CT molecular complexity index is 548. The smallest absolute Gasteiger partial charge is 0.184 e. The van der Waals surface area contributed by atoms with E-state index in [1.54, 1.807) is 0 Å². The molecule has 2 aromatic rings. The van der Waals surface area contributed by atoms with Gasteiger partial charge in [0.15, 0.2) is 5.78 Å². The molecule has 0 aromatic heterocycles. The average molecular weight is 253 g/mol. The van der Waals surface area contributed by atoms with Crippen molar-refractivity contribution in [2.75, 3.05) is 0 Å². The number of rotatable bonds is 5. The maximum atomic E-state index is 12.4. The minimum Gasteiger partial charge on any atom is -0.318 e. The maximum Gasteiger partial charge on any atom is 0.184 e. The van der Waals surface area contributed by atoms with Crippen molar-refractivity contribution < 1.29 is 4.79 Å². The second-order valence-corrected chi connectivity index (χ2v) is 4.70. The van der Waals surface area contributed by atoms with Crippen molar-refractivity contribution >= 4 is 5.78 Å². The zero-order valence-corrected chi connectivity index (χ0v) is 11.2. The van der Waals surface area contributed by atoms with Gasteiger partial charge in [0.05, 0.1) is 6.04 Å². The van der Waals surface area contributed by atoms with E-state index in [4.69, 9.17) is 5.73 Å². The molecule has 0 unspecified atom stereocenters. The number of Topliss-reactive ketones (excluding diaryl/α,β-unsaturated/α-hetero) is 1. The van der Waals surface area contributed by atoms with Crippen molar-refractivity contribution in [3.63, 3.8) is 0 Å². The Hall–Kier alpha value is -1.93. The topological polar surface area (TPSA) is 43.1 Å². The molecule has 0 amide bonds. The minimum atomic E-state index is -0.585. The third kappa shape index (κ3) is 3.30. The lowest BCUT2D eigenvalue weighted by atomic mass is 9.96. The van der Waals surface area contributed by atoms with E-state index in [1.165, 1.54) is 5.56 Å². The van der Waals surface area contributed by atoms with Gasteiger partial charge in [0.25, 0.3) is 0 Å². The summed E-state index contributed by atoms with van der Waals surface area (Å²) in [5.41, 5.74) is 8.79. The van der Waals surface area contributed by atoms with Crippen LogP contribution in [0.15, 0.2) is 54.6 Å². The summed E-state index contributed by atoms with van der Waals surface area (Å²) >= 11 is 0. The van der Waals surface area contributed by atoms with Crippen LogP contribution in [0.5, 0.6) is 0 Å². The summed E-state index contributed by atoms with van der Waals surface area (Å²) in [4.78, 5) is 12.4. The van der Waals surface area contributed by atoms with Crippen LogP contribution in [0, 0.1) is 0 Å². The number of aryl methyl sites for hydroxylation is 1. The largest absolute Gasteiger partial charge is 0.318 e. The number of hydrogen-bond donors (Lipinski definition) is 1. The highest BCUT2D eigenvalue weighted by molar-refractivity contribution is 6.00. The molecule has 98 valence electrons. The zero-order chi connectivity index (χ0) is 13.7. The second-order valence-electron chi connectivity index (χ2n) is 4.70. The second kappa shape index (κ2) is 6.30. The summed E-state index contributed by atoms with van der Waals surface area (Å²) in [6.07, 6.45) is 2.06. The van der Waals surface area contributed by atoms with E-state index in [2.05, 4.69) is 6.92 Å². The van der Waals surface area contributed by atoms with Gasteiger partial charge in [0, 0.05) is 5.56 Å². The van der Waals surface area contributed by atoms with Crippen molar-refractivity contribution in [3.05, 3.63) is 71.3 Å². The highest BCUT2D eigenvalue weighted by Crippen LogP contribution is 2.17. The van der Waals surface area contributed by atoms with Gasteiger partial charge in [-0.05, 0) is 23.6 Å². The Morgan fingerprint density at radius 1 is 1.11 bits per heavy atom. The zero-order valence-electron chi connectivity index (χ0n) is 11.2. The lowest BCUT2D eigenvalue weighted by molar-refractivity contribution is 0.0961. The Morgan fingerprint density at radius 3 is 2.53 bits per heavy atom. The summed E-state index contributed by atoms with van der Waals surface area (Å²) < 4.78 is 0. The number of carbonyl (C=O) groups is 1. The standard InChI is InChI=1S/C17H19NO/c1-2-7-13-8-6-11-15(12-13)17(19)16(18)14-9-4-3-5-10-14/h3-6,8-12,16H,2,7,18H2,1H3/t16-/m1/s1. The van der Waals surface area contributed by atoms with Crippen LogP contribution in [0.25, 0.3) is 0 Å². The third-order valence-electron chi connectivity index (χ3n) is 3.19. The van der Waals surface area contributed by atoms with Gasteiger partial charge in [-0.25, -0.2) is 0 Å². The molecule has 0 saturated heterocycles. The van der Waals surface area contributed by atoms with Gasteiger partial charge < -0.3 is 5.73 Å². The molecule has 2 aromatic carbocycles. The van der Waals surface area contributed by atoms with Gasteiger partial charge in [-0.15, -0.1) is 0 Å². The number of ketones is 1. The van der Waals surface area contributed by atoms with Crippen molar-refractivity contribution in [3.8, 4) is 0 Å². The molecule has 0 aliphatic rings. The number of nitrogens with two attached hydrogens (primary N) is 1. The van der Waals surface area contributed by atoms with Gasteiger partial charge in [0.1, 0.15) is 0 Å². The predicted octanol–water partition coefficient (Wildman–Crippen LogP) is 3.52. The predicted molar refractivity (Wildman–Crippen MR) is 78.1 cm³/mol. The van der Waals surface area contributed by atoms with Crippen LogP contribution in [-0.2, 0) is 6.42 Å². The summed E-state index contributed by atoms with van der Waals surface area (Å²) in [6, 6.07) is 16.7. The lowest BCUT2D eigenvalue weighted by Gasteiger charge is -2.11. The molecule has 2 rings (SSSR count). The van der Waals surface area contributed by atoms with Crippen LogP contribution >= 0.6 is 0 Å². The Balaban J connectivity index is 2.22. The van der Waals surface area contributed by atoms with Crippen LogP contribution in [0.1, 0.15) is 40.9 Å².